The van der Waals surface area contributed by atoms with E-state index in [2.05, 4.69) is 11.4 Å². The van der Waals surface area contributed by atoms with E-state index in [1.807, 2.05) is 38.1 Å². The van der Waals surface area contributed by atoms with Crippen molar-refractivity contribution in [3.05, 3.63) is 24.3 Å². The Bertz CT molecular complexity index is 344. The van der Waals surface area contributed by atoms with Crippen molar-refractivity contribution in [3.63, 3.8) is 0 Å². The first-order valence-electron chi connectivity index (χ1n) is 5.12. The number of rotatable bonds is 5. The Hall–Kier alpha value is -1.69. The van der Waals surface area contributed by atoms with Gasteiger partial charge in [0.2, 0.25) is 0 Å². The van der Waals surface area contributed by atoms with Crippen molar-refractivity contribution in [2.45, 2.75) is 26.3 Å². The zero-order valence-electron chi connectivity index (χ0n) is 9.16. The summed E-state index contributed by atoms with van der Waals surface area (Å²) in [4.78, 5) is 0. The smallest absolute Gasteiger partial charge is 0.121 e. The highest BCUT2D eigenvalue weighted by molar-refractivity contribution is 5.48. The maximum Gasteiger partial charge on any atom is 0.121 e. The predicted molar refractivity (Wildman–Crippen MR) is 60.9 cm³/mol. The van der Waals surface area contributed by atoms with Crippen LogP contribution in [0, 0.1) is 11.3 Å². The molecule has 0 amide bonds. The molecule has 1 aromatic rings. The Labute approximate surface area is 90.7 Å². The molecule has 3 heteroatoms. The van der Waals surface area contributed by atoms with Crippen molar-refractivity contribution in [1.29, 1.82) is 5.26 Å². The van der Waals surface area contributed by atoms with Crippen molar-refractivity contribution >= 4 is 5.69 Å². The van der Waals surface area contributed by atoms with Crippen LogP contribution in [-0.4, -0.2) is 12.6 Å². The monoisotopic (exact) mass is 204 g/mol. The first-order chi connectivity index (χ1) is 7.26. The fourth-order valence-corrected chi connectivity index (χ4v) is 1.31. The molecule has 0 aromatic heterocycles. The van der Waals surface area contributed by atoms with Gasteiger partial charge < -0.3 is 10.1 Å². The van der Waals surface area contributed by atoms with Gasteiger partial charge in [-0.3, -0.25) is 0 Å². The summed E-state index contributed by atoms with van der Waals surface area (Å²) < 4.78 is 5.38. The summed E-state index contributed by atoms with van der Waals surface area (Å²) in [5.74, 6) is 0.853. The molecule has 0 spiro atoms. The topological polar surface area (TPSA) is 45.0 Å². The maximum absolute atomic E-state index is 8.54. The van der Waals surface area contributed by atoms with Crippen molar-refractivity contribution in [2.75, 3.05) is 11.9 Å². The number of ether oxygens (including phenoxy) is 1. The van der Waals surface area contributed by atoms with E-state index in [1.54, 1.807) is 0 Å². The summed E-state index contributed by atoms with van der Waals surface area (Å²) >= 11 is 0. The molecule has 1 atom stereocenters. The van der Waals surface area contributed by atoms with Crippen LogP contribution in [0.25, 0.3) is 0 Å². The zero-order valence-corrected chi connectivity index (χ0v) is 9.16. The van der Waals surface area contributed by atoms with Gasteiger partial charge in [0.25, 0.3) is 0 Å². The molecule has 1 N–H and O–H groups in total. The molecule has 0 saturated carbocycles. The summed E-state index contributed by atoms with van der Waals surface area (Å²) in [7, 11) is 0. The van der Waals surface area contributed by atoms with E-state index >= 15 is 0 Å². The molecule has 1 rings (SSSR count). The summed E-state index contributed by atoms with van der Waals surface area (Å²) in [6, 6.07) is 10.1. The molecule has 0 aliphatic carbocycles. The van der Waals surface area contributed by atoms with Crippen LogP contribution < -0.4 is 10.1 Å². The van der Waals surface area contributed by atoms with E-state index in [-0.39, 0.29) is 6.04 Å². The van der Waals surface area contributed by atoms with Crippen molar-refractivity contribution in [3.8, 4) is 11.8 Å². The van der Waals surface area contributed by atoms with Gasteiger partial charge in [-0.2, -0.15) is 5.26 Å². The third-order valence-corrected chi connectivity index (χ3v) is 1.96. The molecule has 0 heterocycles. The van der Waals surface area contributed by atoms with E-state index in [0.29, 0.717) is 13.0 Å². The SMILES string of the molecule is CCOc1cccc(NC(C)CC#N)c1. The number of nitrogens with zero attached hydrogens (tertiary/aromatic N) is 1. The molecular weight excluding hydrogens is 188 g/mol. The van der Waals surface area contributed by atoms with Crippen LogP contribution in [0.4, 0.5) is 5.69 Å². The van der Waals surface area contributed by atoms with Crippen LogP contribution in [0.5, 0.6) is 5.75 Å². The number of nitriles is 1. The molecule has 1 unspecified atom stereocenters. The Morgan fingerprint density at radius 3 is 3.00 bits per heavy atom. The van der Waals surface area contributed by atoms with E-state index in [4.69, 9.17) is 10.00 Å². The molecule has 0 aliphatic heterocycles. The van der Waals surface area contributed by atoms with Gasteiger partial charge in [-0.15, -0.1) is 0 Å². The van der Waals surface area contributed by atoms with Gasteiger partial charge in [0, 0.05) is 17.8 Å². The van der Waals surface area contributed by atoms with Crippen LogP contribution in [0.15, 0.2) is 24.3 Å². The van der Waals surface area contributed by atoms with E-state index in [1.165, 1.54) is 0 Å². The minimum absolute atomic E-state index is 0.159. The van der Waals surface area contributed by atoms with Gasteiger partial charge in [0.05, 0.1) is 19.1 Å². The Morgan fingerprint density at radius 1 is 1.53 bits per heavy atom. The molecule has 0 fully saturated rings. The lowest BCUT2D eigenvalue weighted by molar-refractivity contribution is 0.340. The van der Waals surface area contributed by atoms with Gasteiger partial charge in [0.1, 0.15) is 5.75 Å². The second kappa shape index (κ2) is 5.92. The second-order valence-electron chi connectivity index (χ2n) is 3.37. The molecule has 80 valence electrons. The maximum atomic E-state index is 8.54. The summed E-state index contributed by atoms with van der Waals surface area (Å²) in [5, 5.41) is 11.8. The number of hydrogen-bond donors (Lipinski definition) is 1. The van der Waals surface area contributed by atoms with Crippen LogP contribution in [-0.2, 0) is 0 Å². The number of nitrogens with one attached hydrogen (secondary N) is 1. The van der Waals surface area contributed by atoms with E-state index in [9.17, 15) is 0 Å². The second-order valence-corrected chi connectivity index (χ2v) is 3.37. The molecule has 0 radical (unpaired) electrons. The molecule has 0 saturated heterocycles. The normalized spacial score (nSPS) is 11.5. The molecule has 3 nitrogen and oxygen atoms in total. The molecule has 0 bridgehead atoms. The molecule has 15 heavy (non-hydrogen) atoms. The average molecular weight is 204 g/mol. The third-order valence-electron chi connectivity index (χ3n) is 1.96. The highest BCUT2D eigenvalue weighted by Crippen LogP contribution is 2.18. The number of benzene rings is 1. The largest absolute Gasteiger partial charge is 0.494 e. The Kier molecular flexibility index (Phi) is 4.49. The highest BCUT2D eigenvalue weighted by atomic mass is 16.5. The van der Waals surface area contributed by atoms with Gasteiger partial charge in [0.15, 0.2) is 0 Å². The number of anilines is 1. The average Bonchev–Trinajstić information content (AvgIpc) is 2.19. The minimum atomic E-state index is 0.159. The first kappa shape index (κ1) is 11.4. The Morgan fingerprint density at radius 2 is 2.33 bits per heavy atom. The van der Waals surface area contributed by atoms with Crippen molar-refractivity contribution < 1.29 is 4.74 Å². The fourth-order valence-electron chi connectivity index (χ4n) is 1.31. The Balaban J connectivity index is 2.61. The van der Waals surface area contributed by atoms with Gasteiger partial charge in [-0.25, -0.2) is 0 Å². The quantitative estimate of drug-likeness (QED) is 0.802. The minimum Gasteiger partial charge on any atom is -0.494 e. The molecule has 0 aliphatic rings. The van der Waals surface area contributed by atoms with E-state index < -0.39 is 0 Å². The standard InChI is InChI=1S/C12H16N2O/c1-3-15-12-6-4-5-11(9-12)14-10(2)7-8-13/h4-6,9-10,14H,3,7H2,1-2H3. The molecule has 1 aromatic carbocycles. The van der Waals surface area contributed by atoms with Crippen LogP contribution in [0.1, 0.15) is 20.3 Å². The summed E-state index contributed by atoms with van der Waals surface area (Å²) in [6.45, 7) is 4.60. The van der Waals surface area contributed by atoms with Gasteiger partial charge in [-0.05, 0) is 26.0 Å². The zero-order chi connectivity index (χ0) is 11.1. The predicted octanol–water partition coefficient (Wildman–Crippen LogP) is 2.80. The lowest BCUT2D eigenvalue weighted by Crippen LogP contribution is -2.13. The number of hydrogen-bond acceptors (Lipinski definition) is 3. The van der Waals surface area contributed by atoms with Crippen LogP contribution in [0.3, 0.4) is 0 Å². The van der Waals surface area contributed by atoms with Gasteiger partial charge in [-0.1, -0.05) is 6.07 Å². The lowest BCUT2D eigenvalue weighted by Gasteiger charge is -2.12. The fraction of sp³-hybridized carbons (Fsp3) is 0.417. The summed E-state index contributed by atoms with van der Waals surface area (Å²) in [5.41, 5.74) is 0.990. The van der Waals surface area contributed by atoms with Crippen molar-refractivity contribution in [1.82, 2.24) is 0 Å². The third kappa shape index (κ3) is 3.90. The molecular formula is C12H16N2O. The van der Waals surface area contributed by atoms with Crippen LogP contribution >= 0.6 is 0 Å². The van der Waals surface area contributed by atoms with Gasteiger partial charge >= 0.3 is 0 Å². The summed E-state index contributed by atoms with van der Waals surface area (Å²) in [6.07, 6.45) is 0.499. The van der Waals surface area contributed by atoms with E-state index in [0.717, 1.165) is 11.4 Å². The highest BCUT2D eigenvalue weighted by Gasteiger charge is 2.01. The first-order valence-corrected chi connectivity index (χ1v) is 5.12. The lowest BCUT2D eigenvalue weighted by atomic mass is 10.2. The van der Waals surface area contributed by atoms with Crippen LogP contribution in [0.2, 0.25) is 0 Å². The van der Waals surface area contributed by atoms with Crippen molar-refractivity contribution in [2.24, 2.45) is 0 Å².